The van der Waals surface area contributed by atoms with Gasteiger partial charge in [0.2, 0.25) is 0 Å². The number of halogens is 3. The Morgan fingerprint density at radius 3 is 2.32 bits per heavy atom. The molecule has 1 fully saturated rings. The SMILES string of the molecule is O=C(c1ccc(Cl)cc1)N(c1ccc(F)[c]([Ti])c1F)C1CCCCC1. The van der Waals surface area contributed by atoms with Crippen LogP contribution in [-0.4, -0.2) is 11.9 Å². The van der Waals surface area contributed by atoms with Gasteiger partial charge in [-0.1, -0.05) is 0 Å². The maximum atomic E-state index is 14.8. The minimum absolute atomic E-state index is 0.0674. The summed E-state index contributed by atoms with van der Waals surface area (Å²) in [4.78, 5) is 14.6. The van der Waals surface area contributed by atoms with E-state index in [1.165, 1.54) is 37.5 Å². The van der Waals surface area contributed by atoms with Crippen molar-refractivity contribution in [2.75, 3.05) is 4.90 Å². The van der Waals surface area contributed by atoms with Crippen LogP contribution in [0.4, 0.5) is 14.5 Å². The summed E-state index contributed by atoms with van der Waals surface area (Å²) in [7, 11) is 0. The molecule has 3 rings (SSSR count). The number of hydrogen-bond acceptors (Lipinski definition) is 1. The van der Waals surface area contributed by atoms with Crippen molar-refractivity contribution in [2.45, 2.75) is 38.1 Å². The molecule has 0 N–H and O–H groups in total. The summed E-state index contributed by atoms with van der Waals surface area (Å²) in [6, 6.07) is 9.04. The Balaban J connectivity index is 2.05. The van der Waals surface area contributed by atoms with Gasteiger partial charge in [-0.05, 0) is 0 Å². The fourth-order valence-corrected chi connectivity index (χ4v) is 3.73. The summed E-state index contributed by atoms with van der Waals surface area (Å²) in [5.74, 6) is -1.56. The Kier molecular flexibility index (Phi) is 5.93. The molecule has 0 aliphatic heterocycles. The van der Waals surface area contributed by atoms with Crippen molar-refractivity contribution in [1.82, 2.24) is 0 Å². The Hall–Kier alpha value is -1.23. The average molecular weight is 397 g/mol. The molecule has 129 valence electrons. The second kappa shape index (κ2) is 7.98. The molecule has 1 amide bonds. The number of amides is 1. The van der Waals surface area contributed by atoms with Crippen molar-refractivity contribution < 1.29 is 34.0 Å². The van der Waals surface area contributed by atoms with E-state index >= 15 is 0 Å². The van der Waals surface area contributed by atoms with E-state index in [9.17, 15) is 13.6 Å². The van der Waals surface area contributed by atoms with Gasteiger partial charge in [0.1, 0.15) is 0 Å². The van der Waals surface area contributed by atoms with Gasteiger partial charge in [0.05, 0.1) is 0 Å². The van der Waals surface area contributed by atoms with Crippen LogP contribution in [0.15, 0.2) is 36.4 Å². The van der Waals surface area contributed by atoms with E-state index in [2.05, 4.69) is 0 Å². The molecule has 1 aliphatic carbocycles. The minimum atomic E-state index is -0.673. The van der Waals surface area contributed by atoms with Gasteiger partial charge < -0.3 is 0 Å². The summed E-state index contributed by atoms with van der Waals surface area (Å²) in [5, 5.41) is 0.532. The molecule has 1 aliphatic rings. The fraction of sp³-hybridized carbons (Fsp3) is 0.316. The van der Waals surface area contributed by atoms with Crippen LogP contribution in [0.5, 0.6) is 0 Å². The zero-order valence-electron chi connectivity index (χ0n) is 13.6. The van der Waals surface area contributed by atoms with E-state index < -0.39 is 11.6 Å². The first-order valence-corrected chi connectivity index (χ1v) is 9.43. The van der Waals surface area contributed by atoms with Crippen molar-refractivity contribution in [1.29, 1.82) is 0 Å². The molecule has 6 heteroatoms. The second-order valence-electron chi connectivity index (χ2n) is 6.23. The Labute approximate surface area is 162 Å². The van der Waals surface area contributed by atoms with Crippen LogP contribution in [0.3, 0.4) is 0 Å². The predicted molar refractivity (Wildman–Crippen MR) is 91.1 cm³/mol. The Bertz CT molecular complexity index is 776. The van der Waals surface area contributed by atoms with E-state index in [-0.39, 0.29) is 21.5 Å². The molecule has 0 bridgehead atoms. The Morgan fingerprint density at radius 2 is 1.68 bits per heavy atom. The van der Waals surface area contributed by atoms with Crippen LogP contribution in [-0.2, 0) is 20.4 Å². The first kappa shape index (κ1) is 18.6. The molecule has 2 aromatic carbocycles. The molecular weight excluding hydrogens is 380 g/mol. The van der Waals surface area contributed by atoms with Gasteiger partial charge >= 0.3 is 163 Å². The van der Waals surface area contributed by atoms with Gasteiger partial charge in [0, 0.05) is 0 Å². The van der Waals surface area contributed by atoms with Crippen LogP contribution >= 0.6 is 11.6 Å². The van der Waals surface area contributed by atoms with E-state index in [1.807, 2.05) is 0 Å². The van der Waals surface area contributed by atoms with Gasteiger partial charge in [-0.2, -0.15) is 0 Å². The maximum absolute atomic E-state index is 14.8. The summed E-state index contributed by atoms with van der Waals surface area (Å²) < 4.78 is 28.4. The van der Waals surface area contributed by atoms with E-state index in [0.717, 1.165) is 32.1 Å². The predicted octanol–water partition coefficient (Wildman–Crippen LogP) is 4.77. The molecule has 2 aromatic rings. The van der Waals surface area contributed by atoms with E-state index in [1.54, 1.807) is 24.3 Å². The van der Waals surface area contributed by atoms with Crippen molar-refractivity contribution in [3.05, 3.63) is 58.6 Å². The van der Waals surface area contributed by atoms with Crippen LogP contribution in [0.2, 0.25) is 5.02 Å². The van der Waals surface area contributed by atoms with Crippen LogP contribution in [0, 0.1) is 11.6 Å². The molecular formula is C19H17ClF2NOTi. The van der Waals surface area contributed by atoms with E-state index in [4.69, 9.17) is 11.6 Å². The molecule has 0 radical (unpaired) electrons. The quantitative estimate of drug-likeness (QED) is 0.684. The van der Waals surface area contributed by atoms with Crippen molar-refractivity contribution >= 4 is 27.1 Å². The first-order chi connectivity index (χ1) is 12.0. The second-order valence-corrected chi connectivity index (χ2v) is 7.45. The molecule has 0 heterocycles. The molecule has 2 nitrogen and oxygen atoms in total. The van der Waals surface area contributed by atoms with Crippen LogP contribution in [0.25, 0.3) is 0 Å². The number of nitrogens with zero attached hydrogens (tertiary/aromatic N) is 1. The molecule has 0 atom stereocenters. The number of anilines is 1. The summed E-state index contributed by atoms with van der Waals surface area (Å²) in [6.07, 6.45) is 4.74. The third kappa shape index (κ3) is 3.97. The number of carbonyl (C=O) groups is 1. The van der Waals surface area contributed by atoms with Crippen LogP contribution < -0.4 is 8.77 Å². The molecule has 0 spiro atoms. The molecule has 0 unspecified atom stereocenters. The molecule has 1 saturated carbocycles. The van der Waals surface area contributed by atoms with Crippen LogP contribution in [0.1, 0.15) is 42.5 Å². The van der Waals surface area contributed by atoms with Crippen molar-refractivity contribution in [2.24, 2.45) is 0 Å². The normalized spacial score (nSPS) is 15.1. The van der Waals surface area contributed by atoms with Crippen molar-refractivity contribution in [3.8, 4) is 0 Å². The van der Waals surface area contributed by atoms with Gasteiger partial charge in [-0.15, -0.1) is 0 Å². The number of benzene rings is 2. The number of carbonyl (C=O) groups excluding carboxylic acids is 1. The summed E-state index contributed by atoms with van der Waals surface area (Å²) in [6.45, 7) is 0. The van der Waals surface area contributed by atoms with Crippen molar-refractivity contribution in [3.63, 3.8) is 0 Å². The number of hydrogen-bond donors (Lipinski definition) is 0. The molecule has 0 saturated heterocycles. The topological polar surface area (TPSA) is 20.3 Å². The van der Waals surface area contributed by atoms with Gasteiger partial charge in [0.15, 0.2) is 0 Å². The van der Waals surface area contributed by atoms with Gasteiger partial charge in [-0.3, -0.25) is 0 Å². The fourth-order valence-electron chi connectivity index (χ4n) is 3.27. The van der Waals surface area contributed by atoms with E-state index in [0.29, 0.717) is 10.6 Å². The standard InChI is InChI=1S/C19H17ClF2NO.Ti/c20-14-8-6-13(7-9-14)19(24)23(16-4-2-1-3-5-16)18-11-10-15(21)12-17(18)22;/h6-11,16H,1-5H2;. The Morgan fingerprint density at radius 1 is 1.04 bits per heavy atom. The van der Waals surface area contributed by atoms with Gasteiger partial charge in [-0.25, -0.2) is 0 Å². The summed E-state index contributed by atoms with van der Waals surface area (Å²) in [5.41, 5.74) is 0.585. The molecule has 0 aromatic heterocycles. The third-order valence-electron chi connectivity index (χ3n) is 4.58. The summed E-state index contributed by atoms with van der Waals surface area (Å²) >= 11 is 7.29. The average Bonchev–Trinajstić information content (AvgIpc) is 2.63. The first-order valence-electron chi connectivity index (χ1n) is 8.28. The zero-order chi connectivity index (χ0) is 18.0. The number of rotatable bonds is 3. The van der Waals surface area contributed by atoms with Gasteiger partial charge in [0.25, 0.3) is 0 Å². The molecule has 25 heavy (non-hydrogen) atoms. The zero-order valence-corrected chi connectivity index (χ0v) is 15.9. The monoisotopic (exact) mass is 396 g/mol. The third-order valence-corrected chi connectivity index (χ3v) is 5.55.